The van der Waals surface area contributed by atoms with Crippen LogP contribution < -0.4 is 10.6 Å². The van der Waals surface area contributed by atoms with E-state index in [0.29, 0.717) is 48.2 Å². The maximum atomic E-state index is 12.9. The van der Waals surface area contributed by atoms with Gasteiger partial charge in [-0.15, -0.1) is 0 Å². The number of nitrogens with zero attached hydrogens (tertiary/aromatic N) is 5. The number of imidazole rings is 1. The number of pyridine rings is 1. The molecular weight excluding hydrogens is 549 g/mol. The molecule has 1 saturated carbocycles. The van der Waals surface area contributed by atoms with E-state index in [9.17, 15) is 23.1 Å². The number of nitrogens with one attached hydrogen (secondary N) is 3. The summed E-state index contributed by atoms with van der Waals surface area (Å²) in [5.41, 5.74) is 2.43. The first-order valence-electron chi connectivity index (χ1n) is 14.5. The monoisotopic (exact) mass is 588 g/mol. The van der Waals surface area contributed by atoms with Crippen LogP contribution >= 0.6 is 0 Å². The average Bonchev–Trinajstić information content (AvgIpc) is 3.24. The van der Waals surface area contributed by atoms with Crippen molar-refractivity contribution in [2.75, 3.05) is 5.32 Å². The second-order valence-corrected chi connectivity index (χ2v) is 11.5. The molecule has 4 rings (SSSR count). The van der Waals surface area contributed by atoms with Gasteiger partial charge >= 0.3 is 12.3 Å². The third-order valence-electron chi connectivity index (χ3n) is 8.05. The van der Waals surface area contributed by atoms with Gasteiger partial charge in [0, 0.05) is 25.2 Å². The van der Waals surface area contributed by atoms with E-state index in [1.165, 1.54) is 0 Å². The highest BCUT2D eigenvalue weighted by molar-refractivity contribution is 6.03. The van der Waals surface area contributed by atoms with Crippen LogP contribution in [0.3, 0.4) is 0 Å². The van der Waals surface area contributed by atoms with Crippen LogP contribution in [0.2, 0.25) is 0 Å². The summed E-state index contributed by atoms with van der Waals surface area (Å²) in [5, 5.41) is 22.9. The summed E-state index contributed by atoms with van der Waals surface area (Å²) in [6.45, 7) is 8.52. The first-order valence-corrected chi connectivity index (χ1v) is 14.5. The maximum Gasteiger partial charge on any atom is 0.410 e. The molecule has 3 heterocycles. The summed E-state index contributed by atoms with van der Waals surface area (Å²) in [5.74, 6) is 0.843. The summed E-state index contributed by atoms with van der Waals surface area (Å²) in [6.07, 6.45) is -0.416. The summed E-state index contributed by atoms with van der Waals surface area (Å²) in [4.78, 5) is 29.7. The van der Waals surface area contributed by atoms with Gasteiger partial charge < -0.3 is 15.0 Å². The van der Waals surface area contributed by atoms with Crippen LogP contribution in [0.4, 0.5) is 23.8 Å². The van der Waals surface area contributed by atoms with Crippen LogP contribution in [0, 0.1) is 17.2 Å². The van der Waals surface area contributed by atoms with Gasteiger partial charge in [-0.1, -0.05) is 33.6 Å². The molecule has 0 bridgehead atoms. The zero-order valence-corrected chi connectivity index (χ0v) is 24.4. The van der Waals surface area contributed by atoms with E-state index in [1.54, 1.807) is 6.20 Å². The molecule has 4 N–H and O–H groups in total. The van der Waals surface area contributed by atoms with Crippen molar-refractivity contribution in [2.45, 2.75) is 97.3 Å². The second-order valence-electron chi connectivity index (χ2n) is 11.5. The lowest BCUT2D eigenvalue weighted by Gasteiger charge is -2.32. The molecule has 13 heteroatoms. The number of carboxylic acid groups (broad SMARTS) is 1. The molecule has 10 nitrogen and oxygen atoms in total. The number of hydrogen-bond donors (Lipinski definition) is 4. The summed E-state index contributed by atoms with van der Waals surface area (Å²) in [7, 11) is 0. The number of rotatable bonds is 12. The first kappa shape index (κ1) is 31.2. The molecule has 3 aromatic heterocycles. The lowest BCUT2D eigenvalue weighted by atomic mass is 9.80. The van der Waals surface area contributed by atoms with Gasteiger partial charge in [-0.25, -0.2) is 19.7 Å². The molecule has 42 heavy (non-hydrogen) atoms. The Labute approximate surface area is 243 Å². The van der Waals surface area contributed by atoms with Crippen molar-refractivity contribution >= 4 is 28.9 Å². The number of fused-ring (bicyclic) bond motifs is 1. The lowest BCUT2D eigenvalue weighted by Crippen LogP contribution is -2.33. The third kappa shape index (κ3) is 7.54. The Kier molecular flexibility index (Phi) is 9.67. The zero-order chi connectivity index (χ0) is 30.6. The molecule has 1 aliphatic rings. The van der Waals surface area contributed by atoms with E-state index in [4.69, 9.17) is 10.4 Å². The summed E-state index contributed by atoms with van der Waals surface area (Å²) >= 11 is 0. The van der Waals surface area contributed by atoms with Crippen molar-refractivity contribution in [2.24, 2.45) is 11.8 Å². The van der Waals surface area contributed by atoms with Crippen molar-refractivity contribution in [1.82, 2.24) is 29.8 Å². The van der Waals surface area contributed by atoms with E-state index in [1.807, 2.05) is 28.9 Å². The molecule has 2 atom stereocenters. The van der Waals surface area contributed by atoms with Crippen LogP contribution in [0.15, 0.2) is 18.3 Å². The quantitative estimate of drug-likeness (QED) is 0.132. The van der Waals surface area contributed by atoms with E-state index >= 15 is 0 Å². The van der Waals surface area contributed by atoms with Gasteiger partial charge in [0.1, 0.15) is 11.2 Å². The fourth-order valence-electron chi connectivity index (χ4n) is 5.26. The minimum Gasteiger partial charge on any atom is -0.465 e. The Balaban J connectivity index is 1.86. The Bertz CT molecular complexity index is 1420. The van der Waals surface area contributed by atoms with Gasteiger partial charge in [-0.05, 0) is 68.1 Å². The summed E-state index contributed by atoms with van der Waals surface area (Å²) < 4.78 is 40.7. The van der Waals surface area contributed by atoms with Gasteiger partial charge in [0.2, 0.25) is 0 Å². The molecule has 1 amide bonds. The molecule has 1 aliphatic carbocycles. The van der Waals surface area contributed by atoms with Crippen LogP contribution in [0.1, 0.15) is 89.9 Å². The number of anilines is 1. The Morgan fingerprint density at radius 2 is 1.95 bits per heavy atom. The Morgan fingerprint density at radius 1 is 1.21 bits per heavy atom. The van der Waals surface area contributed by atoms with Crippen LogP contribution in [-0.2, 0) is 6.54 Å². The van der Waals surface area contributed by atoms with Gasteiger partial charge in [-0.3, -0.25) is 15.7 Å². The molecule has 228 valence electrons. The SMILES string of the molecule is CC[C@H](CCCC(F)(F)F)Cn1c(-c2cc(C(C)C)ccn2)nc2nc(C(=N)NC(=O)O)nc(N[C@H](C)C3CCC3)c21. The van der Waals surface area contributed by atoms with E-state index < -0.39 is 24.5 Å². The molecule has 0 unspecified atom stereocenters. The van der Waals surface area contributed by atoms with Crippen molar-refractivity contribution in [3.8, 4) is 11.5 Å². The lowest BCUT2D eigenvalue weighted by molar-refractivity contribution is -0.136. The number of alkyl halides is 3. The molecule has 0 aliphatic heterocycles. The van der Waals surface area contributed by atoms with E-state index in [-0.39, 0.29) is 35.8 Å². The van der Waals surface area contributed by atoms with Crippen molar-refractivity contribution in [3.63, 3.8) is 0 Å². The largest absolute Gasteiger partial charge is 0.465 e. The highest BCUT2D eigenvalue weighted by Gasteiger charge is 2.29. The normalized spacial score (nSPS) is 15.4. The van der Waals surface area contributed by atoms with Crippen LogP contribution in [0.25, 0.3) is 22.7 Å². The van der Waals surface area contributed by atoms with E-state index in [0.717, 1.165) is 24.8 Å². The minimum absolute atomic E-state index is 0.0214. The molecule has 1 fully saturated rings. The van der Waals surface area contributed by atoms with Crippen molar-refractivity contribution in [3.05, 3.63) is 29.7 Å². The number of hydrogen-bond acceptors (Lipinski definition) is 7. The second kappa shape index (κ2) is 13.0. The Morgan fingerprint density at radius 3 is 2.55 bits per heavy atom. The molecule has 0 spiro atoms. The predicted octanol–water partition coefficient (Wildman–Crippen LogP) is 6.96. The number of amidine groups is 1. The van der Waals surface area contributed by atoms with Crippen LogP contribution in [-0.4, -0.2) is 53.8 Å². The predicted molar refractivity (Wildman–Crippen MR) is 155 cm³/mol. The highest BCUT2D eigenvalue weighted by atomic mass is 19.4. The number of aromatic nitrogens is 5. The smallest absolute Gasteiger partial charge is 0.410 e. The zero-order valence-electron chi connectivity index (χ0n) is 24.4. The molecule has 0 aromatic carbocycles. The van der Waals surface area contributed by atoms with Crippen molar-refractivity contribution < 1.29 is 23.1 Å². The number of halogens is 3. The average molecular weight is 589 g/mol. The highest BCUT2D eigenvalue weighted by Crippen LogP contribution is 2.35. The topological polar surface area (TPSA) is 142 Å². The fourth-order valence-corrected chi connectivity index (χ4v) is 5.26. The summed E-state index contributed by atoms with van der Waals surface area (Å²) in [6, 6.07) is 3.91. The molecule has 0 radical (unpaired) electrons. The molecular formula is C29H39F3N8O2. The minimum atomic E-state index is -4.21. The third-order valence-corrected chi connectivity index (χ3v) is 8.05. The van der Waals surface area contributed by atoms with Gasteiger partial charge in [0.25, 0.3) is 0 Å². The van der Waals surface area contributed by atoms with Gasteiger partial charge in [0.05, 0.1) is 0 Å². The molecule has 3 aromatic rings. The first-order chi connectivity index (χ1) is 19.9. The Hall–Kier alpha value is -3.77. The van der Waals surface area contributed by atoms with Gasteiger partial charge in [-0.2, -0.15) is 13.2 Å². The fraction of sp³-hybridized carbons (Fsp3) is 0.586. The maximum absolute atomic E-state index is 12.9. The van der Waals surface area contributed by atoms with E-state index in [2.05, 4.69) is 41.0 Å². The van der Waals surface area contributed by atoms with Crippen molar-refractivity contribution in [1.29, 1.82) is 5.41 Å². The van der Waals surface area contributed by atoms with Gasteiger partial charge in [0.15, 0.2) is 28.9 Å². The number of carbonyl (C=O) groups is 1. The number of amides is 1. The standard InChI is InChI=1S/C29H39F3N8O2/c1-5-18(8-7-12-29(30,31)32)15-40-22-24(35-17(4)19-9-6-10-19)37-26(23(33)36-28(41)42)38-25(22)39-27(40)21-14-20(16(2)3)11-13-34-21/h11,13-14,16-19H,5-10,12,15H2,1-4H3,(H2,33,36)(H,41,42)(H,35,37,38)/t17-,18-/m1/s1. The molecule has 0 saturated heterocycles. The van der Waals surface area contributed by atoms with Crippen LogP contribution in [0.5, 0.6) is 0 Å².